The van der Waals surface area contributed by atoms with Crippen molar-refractivity contribution in [2.24, 2.45) is 0 Å². The number of carbonyl (C=O) groups is 2. The highest BCUT2D eigenvalue weighted by Gasteiger charge is 2.33. The van der Waals surface area contributed by atoms with Crippen LogP contribution >= 0.6 is 0 Å². The Morgan fingerprint density at radius 3 is 2.76 bits per heavy atom. The molecule has 1 aromatic rings. The Morgan fingerprint density at radius 1 is 1.38 bits per heavy atom. The van der Waals surface area contributed by atoms with E-state index in [1.807, 2.05) is 49.1 Å². The summed E-state index contributed by atoms with van der Waals surface area (Å²) in [5.41, 5.74) is 1.11. The number of likely N-dealkylation sites (tertiary alicyclic amines) is 1. The number of hydrogen-bond acceptors (Lipinski definition) is 2. The minimum Gasteiger partial charge on any atom is -0.338 e. The lowest BCUT2D eigenvalue weighted by Crippen LogP contribution is -2.43. The summed E-state index contributed by atoms with van der Waals surface area (Å²) in [4.78, 5) is 25.6. The van der Waals surface area contributed by atoms with Crippen molar-refractivity contribution in [3.8, 4) is 0 Å². The molecule has 1 heterocycles. The first kappa shape index (κ1) is 15.4. The first-order chi connectivity index (χ1) is 10.1. The van der Waals surface area contributed by atoms with Gasteiger partial charge < -0.3 is 15.5 Å². The summed E-state index contributed by atoms with van der Waals surface area (Å²) in [6.45, 7) is 5.24. The minimum atomic E-state index is -0.191. The van der Waals surface area contributed by atoms with Crippen molar-refractivity contribution in [2.75, 3.05) is 13.1 Å². The molecule has 0 aliphatic carbocycles. The quantitative estimate of drug-likeness (QED) is 0.871. The Bertz CT molecular complexity index is 490. The number of amides is 3. The molecular formula is C16H23N3O2. The fourth-order valence-corrected chi connectivity index (χ4v) is 2.59. The second-order valence-corrected chi connectivity index (χ2v) is 5.43. The van der Waals surface area contributed by atoms with Crippen LogP contribution in [0, 0.1) is 0 Å². The average Bonchev–Trinajstić information content (AvgIpc) is 2.85. The van der Waals surface area contributed by atoms with Gasteiger partial charge in [0.05, 0.1) is 12.1 Å². The smallest absolute Gasteiger partial charge is 0.315 e. The van der Waals surface area contributed by atoms with Gasteiger partial charge in [-0.2, -0.15) is 0 Å². The third-order valence-corrected chi connectivity index (χ3v) is 3.78. The van der Waals surface area contributed by atoms with E-state index in [1.54, 1.807) is 0 Å². The first-order valence-corrected chi connectivity index (χ1v) is 7.50. The van der Waals surface area contributed by atoms with Crippen molar-refractivity contribution >= 4 is 11.9 Å². The fourth-order valence-electron chi connectivity index (χ4n) is 2.59. The van der Waals surface area contributed by atoms with Crippen molar-refractivity contribution in [1.29, 1.82) is 0 Å². The number of hydrogen-bond donors (Lipinski definition) is 2. The molecule has 0 aromatic heterocycles. The van der Waals surface area contributed by atoms with Crippen LogP contribution in [-0.2, 0) is 4.79 Å². The molecule has 3 amide bonds. The highest BCUT2D eigenvalue weighted by Crippen LogP contribution is 2.25. The van der Waals surface area contributed by atoms with Gasteiger partial charge in [0.15, 0.2) is 0 Å². The summed E-state index contributed by atoms with van der Waals surface area (Å²) in [5, 5.41) is 5.64. The third kappa shape index (κ3) is 3.97. The summed E-state index contributed by atoms with van der Waals surface area (Å²) in [7, 11) is 0. The van der Waals surface area contributed by atoms with E-state index in [9.17, 15) is 9.59 Å². The van der Waals surface area contributed by atoms with Gasteiger partial charge in [0.25, 0.3) is 0 Å². The molecule has 21 heavy (non-hydrogen) atoms. The predicted octanol–water partition coefficient (Wildman–Crippen LogP) is 2.06. The van der Waals surface area contributed by atoms with E-state index in [1.165, 1.54) is 0 Å². The molecule has 1 saturated heterocycles. The van der Waals surface area contributed by atoms with E-state index in [-0.39, 0.29) is 24.0 Å². The van der Waals surface area contributed by atoms with E-state index in [0.717, 1.165) is 12.0 Å². The summed E-state index contributed by atoms with van der Waals surface area (Å²) >= 11 is 0. The molecule has 1 fully saturated rings. The summed E-state index contributed by atoms with van der Waals surface area (Å²) in [5.74, 6) is 0.0899. The van der Waals surface area contributed by atoms with Crippen LogP contribution in [0.4, 0.5) is 4.79 Å². The van der Waals surface area contributed by atoms with Crippen LogP contribution in [0.3, 0.4) is 0 Å². The van der Waals surface area contributed by atoms with Gasteiger partial charge in [0.1, 0.15) is 0 Å². The fraction of sp³-hybridized carbons (Fsp3) is 0.500. The Hall–Kier alpha value is -2.04. The Kier molecular flexibility index (Phi) is 5.20. The molecular weight excluding hydrogens is 266 g/mol. The SMILES string of the molecule is CCCNC(=O)NC1CC(=O)N(C(C)c2ccccc2)C1. The normalized spacial score (nSPS) is 19.4. The van der Waals surface area contributed by atoms with Crippen molar-refractivity contribution in [1.82, 2.24) is 15.5 Å². The number of nitrogens with zero attached hydrogens (tertiary/aromatic N) is 1. The molecule has 0 spiro atoms. The molecule has 2 rings (SSSR count). The van der Waals surface area contributed by atoms with Crippen LogP contribution in [0.15, 0.2) is 30.3 Å². The number of benzene rings is 1. The van der Waals surface area contributed by atoms with E-state index in [0.29, 0.717) is 19.5 Å². The molecule has 1 aliphatic heterocycles. The lowest BCUT2D eigenvalue weighted by Gasteiger charge is -2.25. The summed E-state index contributed by atoms with van der Waals surface area (Å²) in [6, 6.07) is 9.68. The average molecular weight is 289 g/mol. The van der Waals surface area contributed by atoms with Gasteiger partial charge in [-0.3, -0.25) is 4.79 Å². The Morgan fingerprint density at radius 2 is 2.10 bits per heavy atom. The van der Waals surface area contributed by atoms with Crippen LogP contribution in [0.2, 0.25) is 0 Å². The van der Waals surface area contributed by atoms with Crippen LogP contribution in [0.25, 0.3) is 0 Å². The maximum atomic E-state index is 12.1. The highest BCUT2D eigenvalue weighted by molar-refractivity contribution is 5.82. The monoisotopic (exact) mass is 289 g/mol. The van der Waals surface area contributed by atoms with Crippen molar-refractivity contribution in [2.45, 2.75) is 38.8 Å². The first-order valence-electron chi connectivity index (χ1n) is 7.50. The topological polar surface area (TPSA) is 61.4 Å². The molecule has 1 aliphatic rings. The number of rotatable bonds is 5. The van der Waals surface area contributed by atoms with Crippen molar-refractivity contribution in [3.05, 3.63) is 35.9 Å². The zero-order valence-corrected chi connectivity index (χ0v) is 12.6. The summed E-state index contributed by atoms with van der Waals surface area (Å²) in [6.07, 6.45) is 1.27. The number of urea groups is 1. The molecule has 0 saturated carbocycles. The maximum Gasteiger partial charge on any atom is 0.315 e. The molecule has 2 N–H and O–H groups in total. The van der Waals surface area contributed by atoms with E-state index >= 15 is 0 Å². The maximum absolute atomic E-state index is 12.1. The Labute approximate surface area is 125 Å². The largest absolute Gasteiger partial charge is 0.338 e. The molecule has 5 nitrogen and oxygen atoms in total. The van der Waals surface area contributed by atoms with Gasteiger partial charge in [-0.1, -0.05) is 37.3 Å². The predicted molar refractivity (Wildman–Crippen MR) is 81.8 cm³/mol. The van der Waals surface area contributed by atoms with Crippen LogP contribution in [-0.4, -0.2) is 36.0 Å². The summed E-state index contributed by atoms with van der Waals surface area (Å²) < 4.78 is 0. The standard InChI is InChI=1S/C16H23N3O2/c1-3-9-17-16(21)18-14-10-15(20)19(11-14)12(2)13-7-5-4-6-8-13/h4-8,12,14H,3,9-11H2,1-2H3,(H2,17,18,21). The van der Waals surface area contributed by atoms with Crippen molar-refractivity contribution in [3.63, 3.8) is 0 Å². The van der Waals surface area contributed by atoms with E-state index < -0.39 is 0 Å². The van der Waals surface area contributed by atoms with Gasteiger partial charge >= 0.3 is 6.03 Å². The second-order valence-electron chi connectivity index (χ2n) is 5.43. The van der Waals surface area contributed by atoms with Gasteiger partial charge in [0.2, 0.25) is 5.91 Å². The molecule has 0 radical (unpaired) electrons. The number of carbonyl (C=O) groups excluding carboxylic acids is 2. The van der Waals surface area contributed by atoms with Gasteiger partial charge in [-0.15, -0.1) is 0 Å². The molecule has 5 heteroatoms. The van der Waals surface area contributed by atoms with Crippen LogP contribution in [0.1, 0.15) is 38.3 Å². The highest BCUT2D eigenvalue weighted by atomic mass is 16.2. The van der Waals surface area contributed by atoms with E-state index in [4.69, 9.17) is 0 Å². The molecule has 114 valence electrons. The third-order valence-electron chi connectivity index (χ3n) is 3.78. The van der Waals surface area contributed by atoms with Gasteiger partial charge in [-0.05, 0) is 18.9 Å². The Balaban J connectivity index is 1.92. The lowest BCUT2D eigenvalue weighted by atomic mass is 10.1. The number of nitrogens with one attached hydrogen (secondary N) is 2. The van der Waals surface area contributed by atoms with Crippen LogP contribution in [0.5, 0.6) is 0 Å². The van der Waals surface area contributed by atoms with E-state index in [2.05, 4.69) is 10.6 Å². The van der Waals surface area contributed by atoms with Crippen molar-refractivity contribution < 1.29 is 9.59 Å². The minimum absolute atomic E-state index is 0.0317. The van der Waals surface area contributed by atoms with Gasteiger partial charge in [-0.25, -0.2) is 4.79 Å². The van der Waals surface area contributed by atoms with Gasteiger partial charge in [0, 0.05) is 19.5 Å². The molecule has 1 aromatic carbocycles. The zero-order valence-electron chi connectivity index (χ0n) is 12.6. The van der Waals surface area contributed by atoms with Crippen LogP contribution < -0.4 is 10.6 Å². The molecule has 0 bridgehead atoms. The zero-order chi connectivity index (χ0) is 15.2. The second kappa shape index (κ2) is 7.11. The molecule has 2 unspecified atom stereocenters. The molecule has 2 atom stereocenters. The lowest BCUT2D eigenvalue weighted by molar-refractivity contribution is -0.129.